The summed E-state index contributed by atoms with van der Waals surface area (Å²) in [5.41, 5.74) is 10.8. The topological polar surface area (TPSA) is 25.8 Å². The van der Waals surface area contributed by atoms with E-state index in [1.165, 1.54) is 38.6 Å². The minimum Gasteiger partial charge on any atom is -0.305 e. The fourth-order valence-electron chi connectivity index (χ4n) is 5.80. The van der Waals surface area contributed by atoms with Gasteiger partial charge in [-0.15, -0.1) is 65.2 Å². The zero-order chi connectivity index (χ0) is 28.6. The summed E-state index contributed by atoms with van der Waals surface area (Å²) in [6, 6.07) is 42.4. The zero-order valence-corrected chi connectivity index (χ0v) is 27.1. The van der Waals surface area contributed by atoms with E-state index in [4.69, 9.17) is 0 Å². The third-order valence-corrected chi connectivity index (χ3v) is 8.02. The van der Waals surface area contributed by atoms with E-state index in [0.717, 1.165) is 22.5 Å². The molecule has 6 aromatic rings. The van der Waals surface area contributed by atoms with Crippen LogP contribution in [0.1, 0.15) is 51.3 Å². The number of rotatable bonds is 2. The number of hydrogen-bond donors (Lipinski definition) is 0. The van der Waals surface area contributed by atoms with Crippen molar-refractivity contribution in [2.75, 3.05) is 0 Å². The zero-order valence-electron chi connectivity index (χ0n) is 24.7. The first kappa shape index (κ1) is 29.6. The van der Waals surface area contributed by atoms with Crippen LogP contribution in [0.3, 0.4) is 0 Å². The number of nitrogens with zero attached hydrogens (tertiary/aromatic N) is 2. The molecule has 1 aliphatic rings. The number of pyridine rings is 2. The van der Waals surface area contributed by atoms with Crippen molar-refractivity contribution in [1.82, 2.24) is 9.97 Å². The number of fused-ring (bicyclic) bond motifs is 5. The molecule has 4 aromatic carbocycles. The second-order valence-electron chi connectivity index (χ2n) is 12.2. The van der Waals surface area contributed by atoms with E-state index in [1.807, 2.05) is 48.7 Å². The van der Waals surface area contributed by atoms with Gasteiger partial charge in [-0.2, -0.15) is 0 Å². The molecule has 3 heteroatoms. The Bertz CT molecular complexity index is 1800. The predicted molar refractivity (Wildman–Crippen MR) is 171 cm³/mol. The van der Waals surface area contributed by atoms with Crippen LogP contribution in [-0.2, 0) is 30.9 Å². The molecule has 2 nitrogen and oxygen atoms in total. The van der Waals surface area contributed by atoms with Gasteiger partial charge >= 0.3 is 0 Å². The third kappa shape index (κ3) is 5.60. The van der Waals surface area contributed by atoms with Crippen LogP contribution in [0.15, 0.2) is 116 Å². The Morgan fingerprint density at radius 1 is 0.667 bits per heavy atom. The van der Waals surface area contributed by atoms with Crippen LogP contribution in [0.2, 0.25) is 0 Å². The molecule has 0 N–H and O–H groups in total. The van der Waals surface area contributed by atoms with E-state index >= 15 is 0 Å². The van der Waals surface area contributed by atoms with Crippen LogP contribution in [0.5, 0.6) is 0 Å². The van der Waals surface area contributed by atoms with Gasteiger partial charge in [0.15, 0.2) is 0 Å². The molecule has 0 aliphatic heterocycles. The number of benzene rings is 4. The second kappa shape index (κ2) is 11.8. The van der Waals surface area contributed by atoms with E-state index in [-0.39, 0.29) is 30.9 Å². The Morgan fingerprint density at radius 2 is 1.43 bits per heavy atom. The molecule has 1 radical (unpaired) electrons. The molecule has 0 saturated carbocycles. The van der Waals surface area contributed by atoms with Gasteiger partial charge in [-0.05, 0) is 56.2 Å². The smallest absolute Gasteiger partial charge is 0.0163 e. The summed E-state index contributed by atoms with van der Waals surface area (Å²) in [4.78, 5) is 8.88. The molecule has 0 fully saturated rings. The largest absolute Gasteiger partial charge is 0.305 e. The van der Waals surface area contributed by atoms with Crippen LogP contribution in [0, 0.1) is 12.1 Å². The molecular weight excluding hydrogens is 689 g/mol. The van der Waals surface area contributed by atoms with Gasteiger partial charge in [-0.3, -0.25) is 0 Å². The summed E-state index contributed by atoms with van der Waals surface area (Å²) < 4.78 is 0. The molecule has 2 heterocycles. The van der Waals surface area contributed by atoms with E-state index in [0.29, 0.717) is 0 Å². The number of hydrogen-bond acceptors (Lipinski definition) is 2. The van der Waals surface area contributed by atoms with Gasteiger partial charge < -0.3 is 9.97 Å². The molecule has 0 bridgehead atoms. The maximum atomic E-state index is 4.66. The minimum atomic E-state index is -0.0585. The van der Waals surface area contributed by atoms with Gasteiger partial charge in [0.2, 0.25) is 0 Å². The van der Waals surface area contributed by atoms with E-state index < -0.39 is 0 Å². The van der Waals surface area contributed by atoms with Crippen molar-refractivity contribution in [3.63, 3.8) is 0 Å². The van der Waals surface area contributed by atoms with Crippen molar-refractivity contribution in [3.05, 3.63) is 144 Å². The maximum Gasteiger partial charge on any atom is 0.0163 e. The molecule has 0 saturated heterocycles. The van der Waals surface area contributed by atoms with Crippen LogP contribution < -0.4 is 0 Å². The molecule has 0 atom stereocenters. The Morgan fingerprint density at radius 3 is 2.17 bits per heavy atom. The Hall–Kier alpha value is -3.91. The van der Waals surface area contributed by atoms with Gasteiger partial charge in [-0.25, -0.2) is 0 Å². The van der Waals surface area contributed by atoms with E-state index in [1.54, 1.807) is 6.20 Å². The Kier molecular flexibility index (Phi) is 8.28. The summed E-state index contributed by atoms with van der Waals surface area (Å²) in [6.07, 6.45) is 3.71. The molecule has 1 aliphatic carbocycles. The van der Waals surface area contributed by atoms with Crippen molar-refractivity contribution in [2.45, 2.75) is 45.4 Å². The van der Waals surface area contributed by atoms with E-state index in [2.05, 4.69) is 117 Å². The molecule has 0 amide bonds. The fraction of sp³-hybridized carbons (Fsp3) is 0.179. The standard InChI is InChI=1S/C28H26N.C11H8N.Ir/c1-27(2,3)20-14-15-29-25(17-20)19-11-12-22-23-13-10-18-8-6-7-9-21(18)26(23)28(4,5)24(22)16-19;1-2-6-10(7-3-1)11-8-4-5-9-12-11;/h6-10,12-17H,1-5H3;1-6,8-9H;/q2*-1;. The van der Waals surface area contributed by atoms with Gasteiger partial charge in [0.25, 0.3) is 0 Å². The molecule has 0 unspecified atom stereocenters. The first-order valence-electron chi connectivity index (χ1n) is 14.2. The molecule has 0 spiro atoms. The second-order valence-corrected chi connectivity index (χ2v) is 12.2. The van der Waals surface area contributed by atoms with Crippen molar-refractivity contribution in [1.29, 1.82) is 0 Å². The minimum absolute atomic E-state index is 0. The van der Waals surface area contributed by atoms with Gasteiger partial charge in [0, 0.05) is 32.5 Å². The van der Waals surface area contributed by atoms with Gasteiger partial charge in [0.05, 0.1) is 0 Å². The molecular formula is C39H34IrN2-2. The molecule has 211 valence electrons. The van der Waals surface area contributed by atoms with Crippen LogP contribution in [0.4, 0.5) is 0 Å². The molecule has 7 rings (SSSR count). The normalized spacial score (nSPS) is 12.9. The fourth-order valence-corrected chi connectivity index (χ4v) is 5.80. The van der Waals surface area contributed by atoms with Crippen molar-refractivity contribution < 1.29 is 20.1 Å². The monoisotopic (exact) mass is 723 g/mol. The van der Waals surface area contributed by atoms with Gasteiger partial charge in [-0.1, -0.05) is 100 Å². The van der Waals surface area contributed by atoms with E-state index in [9.17, 15) is 0 Å². The third-order valence-electron chi connectivity index (χ3n) is 8.02. The van der Waals surface area contributed by atoms with Crippen LogP contribution in [0.25, 0.3) is 44.4 Å². The number of aromatic nitrogens is 2. The predicted octanol–water partition coefficient (Wildman–Crippen LogP) is 9.85. The van der Waals surface area contributed by atoms with Crippen molar-refractivity contribution in [3.8, 4) is 33.6 Å². The average molecular weight is 723 g/mol. The maximum absolute atomic E-state index is 4.66. The summed E-state index contributed by atoms with van der Waals surface area (Å²) in [5, 5.41) is 2.65. The van der Waals surface area contributed by atoms with Crippen molar-refractivity contribution in [2.24, 2.45) is 0 Å². The van der Waals surface area contributed by atoms with Crippen LogP contribution >= 0.6 is 0 Å². The van der Waals surface area contributed by atoms with Gasteiger partial charge in [0.1, 0.15) is 0 Å². The molecule has 42 heavy (non-hydrogen) atoms. The Balaban J connectivity index is 0.000000228. The quantitative estimate of drug-likeness (QED) is 0.166. The van der Waals surface area contributed by atoms with Crippen LogP contribution in [-0.4, -0.2) is 9.97 Å². The first-order valence-corrected chi connectivity index (χ1v) is 14.2. The molecule has 2 aromatic heterocycles. The summed E-state index contributed by atoms with van der Waals surface area (Å²) >= 11 is 0. The average Bonchev–Trinajstić information content (AvgIpc) is 3.24. The van der Waals surface area contributed by atoms with Crippen molar-refractivity contribution >= 4 is 10.8 Å². The Labute approximate surface area is 263 Å². The first-order chi connectivity index (χ1) is 19.7. The summed E-state index contributed by atoms with van der Waals surface area (Å²) in [6.45, 7) is 11.4. The SMILES string of the molecule is CC(C)(C)c1ccnc(-c2[c-]cc3c(c2)C(C)(C)c2c-3ccc3ccccc23)c1.[Ir].[c-]1ccccc1-c1ccccn1. The summed E-state index contributed by atoms with van der Waals surface area (Å²) in [5.74, 6) is 0. The summed E-state index contributed by atoms with van der Waals surface area (Å²) in [7, 11) is 0.